The van der Waals surface area contributed by atoms with Crippen LogP contribution in [0.25, 0.3) is 0 Å². The molecule has 1 aromatic carbocycles. The third-order valence-corrected chi connectivity index (χ3v) is 2.13. The quantitative estimate of drug-likeness (QED) is 0.737. The zero-order valence-corrected chi connectivity index (χ0v) is 9.91. The minimum absolute atomic E-state index is 0.261. The van der Waals surface area contributed by atoms with E-state index in [1.807, 2.05) is 24.3 Å². The SMILES string of the molecule is CN(CC(C)(C)C)c1cccc(C#N)c1. The van der Waals surface area contributed by atoms with E-state index in [1.165, 1.54) is 0 Å². The van der Waals surface area contributed by atoms with Crippen LogP contribution in [0.5, 0.6) is 0 Å². The van der Waals surface area contributed by atoms with Crippen molar-refractivity contribution in [3.05, 3.63) is 29.8 Å². The number of hydrogen-bond donors (Lipinski definition) is 0. The third-order valence-electron chi connectivity index (χ3n) is 2.13. The standard InChI is InChI=1S/C13H18N2/c1-13(2,3)10-15(4)12-7-5-6-11(8-12)9-14/h5-8H,10H2,1-4H3. The first kappa shape index (κ1) is 11.6. The molecule has 0 aliphatic rings. The Labute approximate surface area is 92.1 Å². The van der Waals surface area contributed by atoms with Gasteiger partial charge in [-0.1, -0.05) is 26.8 Å². The third kappa shape index (κ3) is 3.63. The summed E-state index contributed by atoms with van der Waals surface area (Å²) < 4.78 is 0. The van der Waals surface area contributed by atoms with E-state index in [0.29, 0.717) is 5.56 Å². The summed E-state index contributed by atoms with van der Waals surface area (Å²) in [6, 6.07) is 9.87. The second kappa shape index (κ2) is 4.35. The number of nitrogens with zero attached hydrogens (tertiary/aromatic N) is 2. The molecule has 0 radical (unpaired) electrons. The Morgan fingerprint density at radius 1 is 1.33 bits per heavy atom. The van der Waals surface area contributed by atoms with Crippen LogP contribution in [-0.4, -0.2) is 13.6 Å². The summed E-state index contributed by atoms with van der Waals surface area (Å²) in [6.45, 7) is 7.59. The lowest BCUT2D eigenvalue weighted by molar-refractivity contribution is 0.419. The summed E-state index contributed by atoms with van der Waals surface area (Å²) in [6.07, 6.45) is 0. The van der Waals surface area contributed by atoms with Gasteiger partial charge in [0.05, 0.1) is 11.6 Å². The topological polar surface area (TPSA) is 27.0 Å². The Hall–Kier alpha value is -1.49. The number of nitriles is 1. The molecule has 0 fully saturated rings. The smallest absolute Gasteiger partial charge is 0.0992 e. The van der Waals surface area contributed by atoms with Crippen LogP contribution in [0.4, 0.5) is 5.69 Å². The van der Waals surface area contributed by atoms with Gasteiger partial charge in [-0.05, 0) is 23.6 Å². The molecule has 0 aliphatic carbocycles. The highest BCUT2D eigenvalue weighted by molar-refractivity contribution is 5.50. The van der Waals surface area contributed by atoms with Crippen molar-refractivity contribution < 1.29 is 0 Å². The van der Waals surface area contributed by atoms with E-state index in [9.17, 15) is 0 Å². The summed E-state index contributed by atoms with van der Waals surface area (Å²) in [7, 11) is 2.06. The maximum Gasteiger partial charge on any atom is 0.0992 e. The van der Waals surface area contributed by atoms with Crippen LogP contribution < -0.4 is 4.90 Å². The average Bonchev–Trinajstić information content (AvgIpc) is 2.15. The summed E-state index contributed by atoms with van der Waals surface area (Å²) >= 11 is 0. The molecule has 0 aromatic heterocycles. The van der Waals surface area contributed by atoms with E-state index < -0.39 is 0 Å². The zero-order chi connectivity index (χ0) is 11.5. The lowest BCUT2D eigenvalue weighted by Gasteiger charge is -2.28. The Morgan fingerprint density at radius 3 is 2.53 bits per heavy atom. The van der Waals surface area contributed by atoms with Gasteiger partial charge in [0, 0.05) is 19.3 Å². The Bertz CT molecular complexity index is 369. The maximum atomic E-state index is 8.81. The van der Waals surface area contributed by atoms with Crippen LogP contribution in [0.1, 0.15) is 26.3 Å². The van der Waals surface area contributed by atoms with Crippen LogP contribution >= 0.6 is 0 Å². The van der Waals surface area contributed by atoms with E-state index in [-0.39, 0.29) is 5.41 Å². The van der Waals surface area contributed by atoms with Crippen LogP contribution in [0.2, 0.25) is 0 Å². The predicted molar refractivity (Wildman–Crippen MR) is 63.9 cm³/mol. The number of rotatable bonds is 2. The minimum atomic E-state index is 0.261. The molecule has 1 aromatic rings. The first-order chi connectivity index (χ1) is 6.92. The van der Waals surface area contributed by atoms with Crippen molar-refractivity contribution in [3.8, 4) is 6.07 Å². The van der Waals surface area contributed by atoms with Gasteiger partial charge in [0.15, 0.2) is 0 Å². The van der Waals surface area contributed by atoms with E-state index in [0.717, 1.165) is 12.2 Å². The van der Waals surface area contributed by atoms with Gasteiger partial charge < -0.3 is 4.90 Å². The van der Waals surface area contributed by atoms with Gasteiger partial charge in [-0.3, -0.25) is 0 Å². The molecule has 0 N–H and O–H groups in total. The molecule has 0 saturated carbocycles. The molecular weight excluding hydrogens is 184 g/mol. The molecule has 1 rings (SSSR count). The number of hydrogen-bond acceptors (Lipinski definition) is 2. The van der Waals surface area contributed by atoms with Crippen molar-refractivity contribution in [2.24, 2.45) is 5.41 Å². The molecule has 80 valence electrons. The predicted octanol–water partition coefficient (Wildman–Crippen LogP) is 3.04. The molecule has 0 atom stereocenters. The van der Waals surface area contributed by atoms with Crippen molar-refractivity contribution in [3.63, 3.8) is 0 Å². The Morgan fingerprint density at radius 2 is 2.00 bits per heavy atom. The van der Waals surface area contributed by atoms with Gasteiger partial charge in [0.25, 0.3) is 0 Å². The molecule has 0 amide bonds. The molecule has 0 spiro atoms. The van der Waals surface area contributed by atoms with E-state index >= 15 is 0 Å². The molecule has 0 saturated heterocycles. The average molecular weight is 202 g/mol. The van der Waals surface area contributed by atoms with Gasteiger partial charge in [-0.25, -0.2) is 0 Å². The van der Waals surface area contributed by atoms with Crippen molar-refractivity contribution in [2.75, 3.05) is 18.5 Å². The fourth-order valence-corrected chi connectivity index (χ4v) is 1.62. The normalized spacial score (nSPS) is 10.9. The first-order valence-corrected chi connectivity index (χ1v) is 5.14. The summed E-state index contributed by atoms with van der Waals surface area (Å²) in [5, 5.41) is 8.81. The summed E-state index contributed by atoms with van der Waals surface area (Å²) in [5.41, 5.74) is 2.08. The number of benzene rings is 1. The number of anilines is 1. The maximum absolute atomic E-state index is 8.81. The van der Waals surface area contributed by atoms with Gasteiger partial charge in [0.1, 0.15) is 0 Å². The van der Waals surface area contributed by atoms with Crippen molar-refractivity contribution >= 4 is 5.69 Å². The monoisotopic (exact) mass is 202 g/mol. The van der Waals surface area contributed by atoms with Gasteiger partial charge in [0.2, 0.25) is 0 Å². The molecule has 0 unspecified atom stereocenters. The largest absolute Gasteiger partial charge is 0.374 e. The lowest BCUT2D eigenvalue weighted by atomic mass is 9.96. The van der Waals surface area contributed by atoms with E-state index in [2.05, 4.69) is 38.8 Å². The van der Waals surface area contributed by atoms with Crippen LogP contribution in [-0.2, 0) is 0 Å². The fourth-order valence-electron chi connectivity index (χ4n) is 1.62. The molecular formula is C13H18N2. The molecule has 2 heteroatoms. The van der Waals surface area contributed by atoms with Gasteiger partial charge in [-0.15, -0.1) is 0 Å². The molecule has 0 heterocycles. The van der Waals surface area contributed by atoms with Crippen LogP contribution in [0, 0.1) is 16.7 Å². The summed E-state index contributed by atoms with van der Waals surface area (Å²) in [5.74, 6) is 0. The highest BCUT2D eigenvalue weighted by atomic mass is 15.1. The molecule has 15 heavy (non-hydrogen) atoms. The van der Waals surface area contributed by atoms with Crippen molar-refractivity contribution in [2.45, 2.75) is 20.8 Å². The summed E-state index contributed by atoms with van der Waals surface area (Å²) in [4.78, 5) is 2.18. The molecule has 0 aliphatic heterocycles. The van der Waals surface area contributed by atoms with Gasteiger partial charge in [-0.2, -0.15) is 5.26 Å². The minimum Gasteiger partial charge on any atom is -0.374 e. The second-order valence-corrected chi connectivity index (χ2v) is 5.08. The van der Waals surface area contributed by atoms with Crippen molar-refractivity contribution in [1.29, 1.82) is 5.26 Å². The highest BCUT2D eigenvalue weighted by Gasteiger charge is 2.13. The lowest BCUT2D eigenvalue weighted by Crippen LogP contribution is -2.29. The Balaban J connectivity index is 2.83. The van der Waals surface area contributed by atoms with E-state index in [1.54, 1.807) is 0 Å². The van der Waals surface area contributed by atoms with Gasteiger partial charge >= 0.3 is 0 Å². The fraction of sp³-hybridized carbons (Fsp3) is 0.462. The molecule has 2 nitrogen and oxygen atoms in total. The first-order valence-electron chi connectivity index (χ1n) is 5.14. The van der Waals surface area contributed by atoms with Crippen molar-refractivity contribution in [1.82, 2.24) is 0 Å². The second-order valence-electron chi connectivity index (χ2n) is 5.08. The van der Waals surface area contributed by atoms with Crippen LogP contribution in [0.15, 0.2) is 24.3 Å². The van der Waals surface area contributed by atoms with Crippen LogP contribution in [0.3, 0.4) is 0 Å². The highest BCUT2D eigenvalue weighted by Crippen LogP contribution is 2.20. The molecule has 0 bridgehead atoms. The zero-order valence-electron chi connectivity index (χ0n) is 9.91. The van der Waals surface area contributed by atoms with E-state index in [4.69, 9.17) is 5.26 Å². The Kier molecular flexibility index (Phi) is 3.36.